The molecule has 1 aliphatic carbocycles. The van der Waals surface area contributed by atoms with Crippen LogP contribution in [0.15, 0.2) is 156 Å². The van der Waals surface area contributed by atoms with Crippen LogP contribution in [0.3, 0.4) is 0 Å². The van der Waals surface area contributed by atoms with E-state index in [4.69, 9.17) is 9.98 Å². The summed E-state index contributed by atoms with van der Waals surface area (Å²) in [6, 6.07) is 49.8. The number of pyridine rings is 1. The van der Waals surface area contributed by atoms with Gasteiger partial charge < -0.3 is 0 Å². The number of benzene rings is 7. The van der Waals surface area contributed by atoms with Crippen LogP contribution in [0.5, 0.6) is 0 Å². The van der Waals surface area contributed by atoms with Gasteiger partial charge >= 0.3 is 0 Å². The van der Waals surface area contributed by atoms with Gasteiger partial charge in [-0.3, -0.25) is 10.3 Å². The zero-order valence-corrected chi connectivity index (χ0v) is 28.7. The van der Waals surface area contributed by atoms with E-state index in [-0.39, 0.29) is 0 Å². The third-order valence-electron chi connectivity index (χ3n) is 10.8. The number of nitrogens with zero attached hydrogens (tertiary/aromatic N) is 3. The first kappa shape index (κ1) is 31.0. The van der Waals surface area contributed by atoms with Crippen LogP contribution in [0.2, 0.25) is 0 Å². The summed E-state index contributed by atoms with van der Waals surface area (Å²) in [5.74, 6) is 0.576. The third-order valence-corrected chi connectivity index (χ3v) is 10.8. The van der Waals surface area contributed by atoms with Crippen LogP contribution in [-0.2, 0) is 18.5 Å². The molecule has 0 fully saturated rings. The Balaban J connectivity index is 1.30. The maximum absolute atomic E-state index is 5.72. The smallest absolute Gasteiger partial charge is 0.165 e. The number of hydrogen-bond acceptors (Lipinski definition) is 3. The van der Waals surface area contributed by atoms with Crippen LogP contribution in [0.25, 0.3) is 54.3 Å². The summed E-state index contributed by atoms with van der Waals surface area (Å²) in [5, 5.41) is 12.2. The van der Waals surface area contributed by atoms with Crippen LogP contribution >= 0.6 is 0 Å². The van der Waals surface area contributed by atoms with Crippen molar-refractivity contribution >= 4 is 55.8 Å². The Morgan fingerprint density at radius 2 is 1.25 bits per heavy atom. The van der Waals surface area contributed by atoms with E-state index >= 15 is 0 Å². The highest BCUT2D eigenvalue weighted by Gasteiger charge is 2.38. The van der Waals surface area contributed by atoms with Crippen LogP contribution in [-0.4, -0.2) is 24.6 Å². The second kappa shape index (κ2) is 12.7. The van der Waals surface area contributed by atoms with Crippen LogP contribution in [0.4, 0.5) is 0 Å². The number of amidine groups is 1. The molecule has 1 heterocycles. The Labute approximate surface area is 298 Å². The number of nitrogens with one attached hydrogen (secondary N) is 1. The lowest BCUT2D eigenvalue weighted by atomic mass is 9.79. The quantitative estimate of drug-likeness (QED) is 0.110. The van der Waals surface area contributed by atoms with Gasteiger partial charge in [0.05, 0.1) is 5.52 Å². The topological polar surface area (TPSA) is 49.6 Å². The standard InChI is InChI=1S/C47H38N4/c1-48-46(32-25-23-31(24-26-32)36-27-35-15-5-12-22-45(35)50-30-36)51-47(49-2,43-28-33-13-3-6-16-37(33)39-18-8-10-20-41(39)43)44-29-34-14-4-7-17-38(34)40-19-9-11-21-42(40)44/h3,5-6,8-13,15-16,18-30,49H,1,4,7,14,17H2,2H3/b51-46-. The van der Waals surface area contributed by atoms with E-state index in [0.717, 1.165) is 56.9 Å². The van der Waals surface area contributed by atoms with Crippen molar-refractivity contribution in [1.29, 1.82) is 0 Å². The monoisotopic (exact) mass is 658 g/mol. The predicted molar refractivity (Wildman–Crippen MR) is 215 cm³/mol. The number of aryl methyl sites for hydroxylation is 2. The van der Waals surface area contributed by atoms with E-state index in [1.165, 1.54) is 50.9 Å². The van der Waals surface area contributed by atoms with Crippen molar-refractivity contribution in [2.75, 3.05) is 7.05 Å². The molecule has 1 unspecified atom stereocenters. The van der Waals surface area contributed by atoms with Gasteiger partial charge in [-0.25, -0.2) is 9.98 Å². The van der Waals surface area contributed by atoms with E-state index in [1.807, 2.05) is 31.4 Å². The van der Waals surface area contributed by atoms with E-state index in [2.05, 4.69) is 138 Å². The Kier molecular flexibility index (Phi) is 7.75. The van der Waals surface area contributed by atoms with Gasteiger partial charge in [-0.1, -0.05) is 121 Å². The van der Waals surface area contributed by atoms with Gasteiger partial charge in [0.15, 0.2) is 11.5 Å². The number of para-hydroxylation sites is 1. The molecule has 9 rings (SSSR count). The van der Waals surface area contributed by atoms with Gasteiger partial charge in [-0.2, -0.15) is 0 Å². The molecule has 7 aromatic carbocycles. The summed E-state index contributed by atoms with van der Waals surface area (Å²) in [6.45, 7) is 4.08. The minimum absolute atomic E-state index is 0.576. The largest absolute Gasteiger partial charge is 0.289 e. The van der Waals surface area contributed by atoms with E-state index < -0.39 is 5.66 Å². The second-order valence-corrected chi connectivity index (χ2v) is 13.6. The maximum Gasteiger partial charge on any atom is 0.165 e. The molecule has 1 aliphatic rings. The molecule has 8 aromatic rings. The highest BCUT2D eigenvalue weighted by Crippen LogP contribution is 2.44. The Hall–Kier alpha value is -5.97. The van der Waals surface area contributed by atoms with Crippen molar-refractivity contribution in [3.63, 3.8) is 0 Å². The van der Waals surface area contributed by atoms with Gasteiger partial charge in [0.25, 0.3) is 0 Å². The van der Waals surface area contributed by atoms with Crippen LogP contribution < -0.4 is 5.32 Å². The average Bonchev–Trinajstić information content (AvgIpc) is 3.21. The Bertz CT molecular complexity index is 2650. The number of fused-ring (bicyclic) bond motifs is 7. The molecule has 1 atom stereocenters. The van der Waals surface area contributed by atoms with Gasteiger partial charge in [0.2, 0.25) is 0 Å². The van der Waals surface area contributed by atoms with E-state index in [9.17, 15) is 0 Å². The second-order valence-electron chi connectivity index (χ2n) is 13.6. The molecule has 4 heteroatoms. The molecule has 246 valence electrons. The summed E-state index contributed by atoms with van der Waals surface area (Å²) in [7, 11) is 2.03. The molecule has 0 spiro atoms. The maximum atomic E-state index is 5.72. The molecule has 0 saturated carbocycles. The van der Waals surface area contributed by atoms with E-state index in [0.29, 0.717) is 5.84 Å². The lowest BCUT2D eigenvalue weighted by molar-refractivity contribution is 0.468. The Morgan fingerprint density at radius 1 is 0.627 bits per heavy atom. The molecule has 4 nitrogen and oxygen atoms in total. The first-order chi connectivity index (χ1) is 25.2. The van der Waals surface area contributed by atoms with Crippen molar-refractivity contribution < 1.29 is 0 Å². The van der Waals surface area contributed by atoms with Crippen LogP contribution in [0.1, 0.15) is 40.7 Å². The molecule has 0 aliphatic heterocycles. The number of aliphatic imine (C=N–C) groups is 2. The number of hydrogen-bond donors (Lipinski definition) is 1. The number of rotatable bonds is 6. The van der Waals surface area contributed by atoms with Crippen molar-refractivity contribution in [3.8, 4) is 11.1 Å². The van der Waals surface area contributed by atoms with E-state index in [1.54, 1.807) is 0 Å². The molecule has 0 amide bonds. The van der Waals surface area contributed by atoms with Crippen molar-refractivity contribution in [2.24, 2.45) is 9.98 Å². The van der Waals surface area contributed by atoms with Gasteiger partial charge in [-0.05, 0) is 107 Å². The summed E-state index contributed by atoms with van der Waals surface area (Å²) in [6.07, 6.45) is 6.52. The summed E-state index contributed by atoms with van der Waals surface area (Å²) >= 11 is 0. The fourth-order valence-corrected chi connectivity index (χ4v) is 8.26. The number of aromatic nitrogens is 1. The first-order valence-electron chi connectivity index (χ1n) is 17.8. The molecule has 0 bridgehead atoms. The molecule has 0 saturated heterocycles. The molecule has 0 radical (unpaired) electrons. The highest BCUT2D eigenvalue weighted by molar-refractivity contribution is 6.10. The van der Waals surface area contributed by atoms with Gasteiger partial charge in [0.1, 0.15) is 0 Å². The summed E-state index contributed by atoms with van der Waals surface area (Å²) in [5.41, 5.74) is 8.14. The minimum atomic E-state index is -0.993. The summed E-state index contributed by atoms with van der Waals surface area (Å²) < 4.78 is 0. The minimum Gasteiger partial charge on any atom is -0.289 e. The average molecular weight is 659 g/mol. The van der Waals surface area contributed by atoms with Crippen LogP contribution in [0, 0.1) is 0 Å². The molecule has 51 heavy (non-hydrogen) atoms. The van der Waals surface area contributed by atoms with Gasteiger partial charge in [0, 0.05) is 33.8 Å². The fourth-order valence-electron chi connectivity index (χ4n) is 8.26. The highest BCUT2D eigenvalue weighted by atomic mass is 15.2. The lowest BCUT2D eigenvalue weighted by Crippen LogP contribution is -2.41. The zero-order valence-electron chi connectivity index (χ0n) is 28.7. The lowest BCUT2D eigenvalue weighted by Gasteiger charge is -2.35. The Morgan fingerprint density at radius 3 is 2.02 bits per heavy atom. The normalized spacial score (nSPS) is 14.5. The molecule has 1 N–H and O–H groups in total. The zero-order chi connectivity index (χ0) is 34.4. The molecule has 1 aromatic heterocycles. The van der Waals surface area contributed by atoms with Crippen molar-refractivity contribution in [3.05, 3.63) is 174 Å². The third kappa shape index (κ3) is 5.22. The molecular formula is C47H38N4. The summed E-state index contributed by atoms with van der Waals surface area (Å²) in [4.78, 5) is 15.1. The van der Waals surface area contributed by atoms with Crippen molar-refractivity contribution in [1.82, 2.24) is 10.3 Å². The first-order valence-corrected chi connectivity index (χ1v) is 17.8. The van der Waals surface area contributed by atoms with Gasteiger partial charge in [-0.15, -0.1) is 0 Å². The SMILES string of the molecule is C=N/C(=N\C(NC)(c1cc2c(c3ccccc13)CCCC2)c1cc2ccccc2c2ccccc12)c1ccc(-c2cnc3ccccc3c2)cc1. The predicted octanol–water partition coefficient (Wildman–Crippen LogP) is 10.8. The fraction of sp³-hybridized carbons (Fsp3) is 0.128. The van der Waals surface area contributed by atoms with Crippen molar-refractivity contribution in [2.45, 2.75) is 31.3 Å². The molecular weight excluding hydrogens is 621 g/mol.